The first kappa shape index (κ1) is 46.9. The number of benzene rings is 1. The van der Waals surface area contributed by atoms with Gasteiger partial charge in [0.15, 0.2) is 0 Å². The van der Waals surface area contributed by atoms with Crippen LogP contribution in [0, 0.1) is 11.3 Å². The number of rotatable bonds is 9. The topological polar surface area (TPSA) is 172 Å². The standard InChI is InChI=1S/C49H63N9O7S/c1-9-41(59)55-21-17-49(28-55)18-22-57(49)47(63)54(7)42(30(3)4)44(60)52-36-24-40-51-38(27-66-40)31-15-16-39-33(23-31)34(43(56(39)10-2)32-13-11-19-50-37(32)26-64-8)25-48(5,6)29-65-46(62)35-14-12-20-58(53-35)45(36)61/h9,11,13,15-16,19,23,27,30,35-36,42,53H,1,10,12,14,17-18,20-22,24-26,28-29H2,2-8H3,(H,52,60)/t35-,36-,42?,49+/m0/s1. The van der Waals surface area contributed by atoms with Crippen LogP contribution in [0.2, 0.25) is 0 Å². The minimum atomic E-state index is -1.08. The van der Waals surface area contributed by atoms with Crippen molar-refractivity contribution < 1.29 is 33.4 Å². The Morgan fingerprint density at radius 1 is 1.15 bits per heavy atom. The largest absolute Gasteiger partial charge is 0.464 e. The van der Waals surface area contributed by atoms with E-state index in [-0.39, 0.29) is 30.9 Å². The number of carbonyl (C=O) groups is 5. The Balaban J connectivity index is 1.14. The predicted molar refractivity (Wildman–Crippen MR) is 252 cm³/mol. The fraction of sp³-hybridized carbons (Fsp3) is 0.531. The van der Waals surface area contributed by atoms with E-state index >= 15 is 0 Å². The number of hydrogen-bond donors (Lipinski definition) is 2. The van der Waals surface area contributed by atoms with E-state index in [1.807, 2.05) is 25.3 Å². The van der Waals surface area contributed by atoms with Crippen LogP contribution in [0.15, 0.2) is 54.6 Å². The van der Waals surface area contributed by atoms with E-state index in [0.29, 0.717) is 70.0 Å². The molecule has 3 aromatic heterocycles. The number of amides is 5. The van der Waals surface area contributed by atoms with Crippen molar-refractivity contribution in [3.05, 3.63) is 70.8 Å². The molecule has 3 saturated heterocycles. The quantitative estimate of drug-likeness (QED) is 0.160. The number of ether oxygens (including phenoxy) is 2. The van der Waals surface area contributed by atoms with Crippen LogP contribution < -0.4 is 10.7 Å². The highest BCUT2D eigenvalue weighted by Gasteiger charge is 2.53. The number of fused-ring (bicyclic) bond motifs is 6. The molecule has 17 heteroatoms. The molecule has 1 unspecified atom stereocenters. The number of likely N-dealkylation sites (N-methyl/N-ethyl adjacent to an activating group) is 1. The maximum absolute atomic E-state index is 14.7. The molecule has 6 bridgehead atoms. The molecule has 4 atom stereocenters. The predicted octanol–water partition coefficient (Wildman–Crippen LogP) is 5.58. The van der Waals surface area contributed by atoms with Crippen molar-refractivity contribution in [2.24, 2.45) is 11.3 Å². The van der Waals surface area contributed by atoms with Gasteiger partial charge >= 0.3 is 12.0 Å². The van der Waals surface area contributed by atoms with Gasteiger partial charge < -0.3 is 34.1 Å². The molecule has 1 aromatic carbocycles. The number of aryl methyl sites for hydroxylation is 1. The van der Waals surface area contributed by atoms with Gasteiger partial charge in [-0.25, -0.2) is 15.2 Å². The van der Waals surface area contributed by atoms with Gasteiger partial charge in [-0.3, -0.25) is 29.2 Å². The normalized spacial score (nSPS) is 22.5. The van der Waals surface area contributed by atoms with Gasteiger partial charge in [0.05, 0.1) is 40.8 Å². The van der Waals surface area contributed by atoms with Crippen LogP contribution in [0.1, 0.15) is 76.6 Å². The Labute approximate surface area is 390 Å². The van der Waals surface area contributed by atoms with Crippen molar-refractivity contribution in [1.29, 1.82) is 0 Å². The number of pyridine rings is 1. The maximum atomic E-state index is 14.7. The molecule has 0 aliphatic carbocycles. The van der Waals surface area contributed by atoms with Gasteiger partial charge in [-0.2, -0.15) is 0 Å². The van der Waals surface area contributed by atoms with Crippen LogP contribution in [-0.4, -0.2) is 135 Å². The number of esters is 1. The molecule has 1 spiro atoms. The number of aromatic nitrogens is 3. The Morgan fingerprint density at radius 2 is 1.94 bits per heavy atom. The van der Waals surface area contributed by atoms with E-state index in [9.17, 15) is 24.0 Å². The second kappa shape index (κ2) is 18.9. The molecular weight excluding hydrogens is 859 g/mol. The summed E-state index contributed by atoms with van der Waals surface area (Å²) in [4.78, 5) is 84.6. The number of hydrogen-bond acceptors (Lipinski definition) is 11. The van der Waals surface area contributed by atoms with Gasteiger partial charge in [-0.15, -0.1) is 11.3 Å². The molecule has 4 aliphatic heterocycles. The van der Waals surface area contributed by atoms with Crippen LogP contribution in [0.4, 0.5) is 4.79 Å². The van der Waals surface area contributed by atoms with E-state index in [1.54, 1.807) is 30.2 Å². The maximum Gasteiger partial charge on any atom is 0.324 e. The Kier molecular flexibility index (Phi) is 13.4. The molecule has 8 rings (SSSR count). The molecule has 4 aliphatic rings. The molecule has 0 radical (unpaired) electrons. The van der Waals surface area contributed by atoms with Crippen molar-refractivity contribution in [1.82, 2.24) is 45.0 Å². The molecule has 4 aromatic rings. The molecule has 16 nitrogen and oxygen atoms in total. The number of thiazole rings is 1. The molecular formula is C49H63N9O7S. The summed E-state index contributed by atoms with van der Waals surface area (Å²) in [6.07, 6.45) is 6.15. The second-order valence-electron chi connectivity index (χ2n) is 19.3. The third kappa shape index (κ3) is 8.96. The van der Waals surface area contributed by atoms with Crippen LogP contribution >= 0.6 is 11.3 Å². The van der Waals surface area contributed by atoms with Gasteiger partial charge in [0, 0.05) is 92.3 Å². The summed E-state index contributed by atoms with van der Waals surface area (Å²) in [5, 5.41) is 8.14. The smallest absolute Gasteiger partial charge is 0.324 e. The lowest BCUT2D eigenvalue weighted by Crippen LogP contribution is -2.68. The van der Waals surface area contributed by atoms with E-state index in [2.05, 4.69) is 66.9 Å². The van der Waals surface area contributed by atoms with Gasteiger partial charge in [0.1, 0.15) is 18.1 Å². The van der Waals surface area contributed by atoms with Crippen molar-refractivity contribution >= 4 is 52.0 Å². The van der Waals surface area contributed by atoms with Crippen molar-refractivity contribution in [2.45, 2.75) is 110 Å². The highest BCUT2D eigenvalue weighted by molar-refractivity contribution is 7.10. The molecule has 66 heavy (non-hydrogen) atoms. The van der Waals surface area contributed by atoms with E-state index in [4.69, 9.17) is 19.4 Å². The van der Waals surface area contributed by atoms with E-state index in [0.717, 1.165) is 51.1 Å². The fourth-order valence-electron chi connectivity index (χ4n) is 10.3. The fourth-order valence-corrected chi connectivity index (χ4v) is 11.2. The lowest BCUT2D eigenvalue weighted by atomic mass is 9.84. The monoisotopic (exact) mass is 921 g/mol. The highest BCUT2D eigenvalue weighted by Crippen LogP contribution is 2.42. The Hall–Kier alpha value is -5.65. The Morgan fingerprint density at radius 3 is 2.65 bits per heavy atom. The number of carbonyl (C=O) groups excluding carboxylic acids is 5. The lowest BCUT2D eigenvalue weighted by Gasteiger charge is -2.52. The number of nitrogens with zero attached hydrogens (tertiary/aromatic N) is 7. The number of methoxy groups -OCH3 is 1. The summed E-state index contributed by atoms with van der Waals surface area (Å²) in [6, 6.07) is 7.30. The molecule has 3 fully saturated rings. The first-order valence-electron chi connectivity index (χ1n) is 23.1. The molecule has 5 amide bonds. The van der Waals surface area contributed by atoms with Crippen LogP contribution in [0.5, 0.6) is 0 Å². The zero-order valence-electron chi connectivity index (χ0n) is 39.2. The van der Waals surface area contributed by atoms with Gasteiger partial charge in [-0.05, 0) is 80.9 Å². The van der Waals surface area contributed by atoms with Gasteiger partial charge in [0.25, 0.3) is 5.91 Å². The number of cyclic esters (lactones) is 1. The summed E-state index contributed by atoms with van der Waals surface area (Å²) in [6.45, 7) is 16.6. The first-order chi connectivity index (χ1) is 31.6. The highest BCUT2D eigenvalue weighted by atomic mass is 32.1. The number of hydrazine groups is 1. The molecule has 2 N–H and O–H groups in total. The summed E-state index contributed by atoms with van der Waals surface area (Å²) in [5.74, 6) is -1.83. The summed E-state index contributed by atoms with van der Waals surface area (Å²) < 4.78 is 14.0. The number of likely N-dealkylation sites (tertiary alicyclic amines) is 2. The van der Waals surface area contributed by atoms with Crippen LogP contribution in [0.25, 0.3) is 33.4 Å². The zero-order valence-corrected chi connectivity index (χ0v) is 40.0. The number of nitrogens with one attached hydrogen (secondary N) is 2. The van der Waals surface area contributed by atoms with Crippen LogP contribution in [-0.2, 0) is 54.6 Å². The number of urea groups is 1. The first-order valence-corrected chi connectivity index (χ1v) is 24.0. The minimum Gasteiger partial charge on any atom is -0.464 e. The summed E-state index contributed by atoms with van der Waals surface area (Å²) >= 11 is 1.41. The zero-order chi connectivity index (χ0) is 47.1. The van der Waals surface area contributed by atoms with Gasteiger partial charge in [0.2, 0.25) is 11.8 Å². The molecule has 352 valence electrons. The van der Waals surface area contributed by atoms with Crippen molar-refractivity contribution in [2.75, 3.05) is 46.9 Å². The van der Waals surface area contributed by atoms with Crippen molar-refractivity contribution in [3.63, 3.8) is 0 Å². The molecule has 0 saturated carbocycles. The summed E-state index contributed by atoms with van der Waals surface area (Å²) in [5.41, 5.74) is 8.80. The van der Waals surface area contributed by atoms with Crippen molar-refractivity contribution in [3.8, 4) is 22.5 Å². The van der Waals surface area contributed by atoms with Gasteiger partial charge in [-0.1, -0.05) is 40.3 Å². The third-order valence-corrected chi connectivity index (χ3v) is 14.7. The van der Waals surface area contributed by atoms with E-state index in [1.165, 1.54) is 27.3 Å². The SMILES string of the molecule is C=CC(=O)N1CC[C@@]2(CCN2C(=O)N(C)C(C(=O)N[C@H]2Cc3nc(cs3)-c3ccc4c(c3)c(c(-c3cccnc3COC)n4CC)CC(C)(C)COC(=O)[C@@H]3CCCN(N3)C2=O)C(C)C)C1. The molecule has 7 heterocycles. The minimum absolute atomic E-state index is 0.0781. The van der Waals surface area contributed by atoms with Crippen LogP contribution in [0.3, 0.4) is 0 Å². The lowest BCUT2D eigenvalue weighted by molar-refractivity contribution is -0.155. The van der Waals surface area contributed by atoms with E-state index < -0.39 is 46.9 Å². The second-order valence-corrected chi connectivity index (χ2v) is 20.3. The average molecular weight is 922 g/mol. The Bertz CT molecular complexity index is 2530. The summed E-state index contributed by atoms with van der Waals surface area (Å²) in [7, 11) is 3.29. The average Bonchev–Trinajstić information content (AvgIpc) is 4.04. The third-order valence-electron chi connectivity index (χ3n) is 13.8.